The molecule has 0 fully saturated rings. The van der Waals surface area contributed by atoms with Gasteiger partial charge in [-0.15, -0.1) is 0 Å². The number of carbonyl (C=O) groups excluding carboxylic acids is 1. The molecule has 5 nitrogen and oxygen atoms in total. The van der Waals surface area contributed by atoms with Crippen LogP contribution in [0.3, 0.4) is 0 Å². The summed E-state index contributed by atoms with van der Waals surface area (Å²) in [5.41, 5.74) is 6.53. The van der Waals surface area contributed by atoms with Crippen molar-refractivity contribution in [1.29, 1.82) is 0 Å². The van der Waals surface area contributed by atoms with E-state index in [1.807, 2.05) is 12.1 Å². The number of nitrogens with two attached hydrogens (primary N) is 1. The summed E-state index contributed by atoms with van der Waals surface area (Å²) in [6, 6.07) is 7.38. The Labute approximate surface area is 120 Å². The van der Waals surface area contributed by atoms with Gasteiger partial charge in [-0.2, -0.15) is 0 Å². The number of ether oxygens (including phenoxy) is 2. The summed E-state index contributed by atoms with van der Waals surface area (Å²) >= 11 is 0. The lowest BCUT2D eigenvalue weighted by atomic mass is 10.2. The number of amides is 1. The van der Waals surface area contributed by atoms with Crippen LogP contribution in [0.2, 0.25) is 0 Å². The highest BCUT2D eigenvalue weighted by atomic mass is 16.5. The predicted molar refractivity (Wildman–Crippen MR) is 78.5 cm³/mol. The Kier molecular flexibility index (Phi) is 7.69. The Hall–Kier alpha value is -1.59. The second-order valence-electron chi connectivity index (χ2n) is 4.96. The minimum Gasteiger partial charge on any atom is -0.484 e. The van der Waals surface area contributed by atoms with Gasteiger partial charge in [0.15, 0.2) is 6.61 Å². The topological polar surface area (TPSA) is 73.6 Å². The van der Waals surface area contributed by atoms with E-state index in [0.717, 1.165) is 5.56 Å². The number of rotatable bonds is 9. The van der Waals surface area contributed by atoms with Crippen LogP contribution >= 0.6 is 0 Å². The second kappa shape index (κ2) is 9.34. The molecule has 0 bridgehead atoms. The maximum Gasteiger partial charge on any atom is 0.258 e. The molecule has 0 aromatic heterocycles. The first kappa shape index (κ1) is 16.5. The standard InChI is InChI=1S/C15H24N2O3/c1-12(2)10-19-8-7-17-15(18)11-20-14-5-3-13(9-16)4-6-14/h3-6,12H,7-11,16H2,1-2H3,(H,17,18). The molecule has 20 heavy (non-hydrogen) atoms. The molecule has 3 N–H and O–H groups in total. The molecule has 0 atom stereocenters. The zero-order chi connectivity index (χ0) is 14.8. The molecule has 0 heterocycles. The van der Waals surface area contributed by atoms with E-state index in [2.05, 4.69) is 19.2 Å². The Balaban J connectivity index is 2.13. The maximum atomic E-state index is 11.5. The summed E-state index contributed by atoms with van der Waals surface area (Å²) < 4.78 is 10.7. The average molecular weight is 280 g/mol. The SMILES string of the molecule is CC(C)COCCNC(=O)COc1ccc(CN)cc1. The number of hydrogen-bond acceptors (Lipinski definition) is 4. The van der Waals surface area contributed by atoms with Crippen LogP contribution < -0.4 is 15.8 Å². The summed E-state index contributed by atoms with van der Waals surface area (Å²) in [5, 5.41) is 2.74. The molecule has 1 amide bonds. The third-order valence-corrected chi connectivity index (χ3v) is 2.55. The van der Waals surface area contributed by atoms with Gasteiger partial charge < -0.3 is 20.5 Å². The largest absolute Gasteiger partial charge is 0.484 e. The number of hydrogen-bond donors (Lipinski definition) is 2. The fourth-order valence-electron chi connectivity index (χ4n) is 1.50. The van der Waals surface area contributed by atoms with Crippen molar-refractivity contribution in [1.82, 2.24) is 5.32 Å². The van der Waals surface area contributed by atoms with Crippen molar-refractivity contribution in [3.63, 3.8) is 0 Å². The quantitative estimate of drug-likeness (QED) is 0.669. The van der Waals surface area contributed by atoms with Crippen LogP contribution in [0.25, 0.3) is 0 Å². The van der Waals surface area contributed by atoms with Gasteiger partial charge in [0.05, 0.1) is 6.61 Å². The van der Waals surface area contributed by atoms with Gasteiger partial charge in [-0.1, -0.05) is 26.0 Å². The van der Waals surface area contributed by atoms with Crippen molar-refractivity contribution < 1.29 is 14.3 Å². The van der Waals surface area contributed by atoms with Crippen LogP contribution in [0.5, 0.6) is 5.75 Å². The van der Waals surface area contributed by atoms with Crippen LogP contribution in [0.1, 0.15) is 19.4 Å². The van der Waals surface area contributed by atoms with Crippen LogP contribution in [-0.2, 0) is 16.1 Å². The lowest BCUT2D eigenvalue weighted by molar-refractivity contribution is -0.123. The highest BCUT2D eigenvalue weighted by Crippen LogP contribution is 2.11. The first-order valence-electron chi connectivity index (χ1n) is 6.88. The zero-order valence-electron chi connectivity index (χ0n) is 12.2. The lowest BCUT2D eigenvalue weighted by Crippen LogP contribution is -2.31. The highest BCUT2D eigenvalue weighted by Gasteiger charge is 2.02. The van der Waals surface area contributed by atoms with Gasteiger partial charge in [0, 0.05) is 19.7 Å². The van der Waals surface area contributed by atoms with Crippen molar-refractivity contribution >= 4 is 5.91 Å². The van der Waals surface area contributed by atoms with E-state index in [1.54, 1.807) is 12.1 Å². The Morgan fingerprint density at radius 1 is 1.30 bits per heavy atom. The van der Waals surface area contributed by atoms with Gasteiger partial charge in [0.25, 0.3) is 5.91 Å². The molecule has 1 aromatic rings. The summed E-state index contributed by atoms with van der Waals surface area (Å²) in [4.78, 5) is 11.5. The molecule has 1 aromatic carbocycles. The molecular weight excluding hydrogens is 256 g/mol. The molecule has 112 valence electrons. The van der Waals surface area contributed by atoms with Crippen molar-refractivity contribution in [2.45, 2.75) is 20.4 Å². The fraction of sp³-hybridized carbons (Fsp3) is 0.533. The zero-order valence-corrected chi connectivity index (χ0v) is 12.2. The van der Waals surface area contributed by atoms with Crippen LogP contribution in [0.4, 0.5) is 0 Å². The van der Waals surface area contributed by atoms with Gasteiger partial charge in [-0.3, -0.25) is 4.79 Å². The Morgan fingerprint density at radius 2 is 2.00 bits per heavy atom. The fourth-order valence-corrected chi connectivity index (χ4v) is 1.50. The number of benzene rings is 1. The molecular formula is C15H24N2O3. The van der Waals surface area contributed by atoms with Crippen LogP contribution in [0.15, 0.2) is 24.3 Å². The predicted octanol–water partition coefficient (Wildman–Crippen LogP) is 1.31. The highest BCUT2D eigenvalue weighted by molar-refractivity contribution is 5.77. The molecule has 1 rings (SSSR count). The molecule has 0 aliphatic rings. The third-order valence-electron chi connectivity index (χ3n) is 2.55. The Morgan fingerprint density at radius 3 is 2.60 bits per heavy atom. The minimum atomic E-state index is -0.152. The van der Waals surface area contributed by atoms with Crippen LogP contribution in [0, 0.1) is 5.92 Å². The molecule has 0 unspecified atom stereocenters. The molecule has 5 heteroatoms. The minimum absolute atomic E-state index is 0.00610. The molecule has 0 aliphatic heterocycles. The van der Waals surface area contributed by atoms with Gasteiger partial charge in [0.2, 0.25) is 0 Å². The first-order valence-corrected chi connectivity index (χ1v) is 6.88. The summed E-state index contributed by atoms with van der Waals surface area (Å²) in [6.07, 6.45) is 0. The summed E-state index contributed by atoms with van der Waals surface area (Å²) in [6.45, 7) is 6.41. The van der Waals surface area contributed by atoms with Crippen LogP contribution in [-0.4, -0.2) is 32.3 Å². The van der Waals surface area contributed by atoms with E-state index in [-0.39, 0.29) is 12.5 Å². The third kappa shape index (κ3) is 7.11. The second-order valence-corrected chi connectivity index (χ2v) is 4.96. The molecule has 0 saturated carbocycles. The lowest BCUT2D eigenvalue weighted by Gasteiger charge is -2.09. The summed E-state index contributed by atoms with van der Waals surface area (Å²) in [5.74, 6) is 1.01. The molecule has 0 saturated heterocycles. The summed E-state index contributed by atoms with van der Waals surface area (Å²) in [7, 11) is 0. The van der Waals surface area contributed by atoms with E-state index >= 15 is 0 Å². The van der Waals surface area contributed by atoms with Gasteiger partial charge in [-0.05, 0) is 23.6 Å². The Bertz CT molecular complexity index is 391. The number of carbonyl (C=O) groups is 1. The smallest absolute Gasteiger partial charge is 0.258 e. The van der Waals surface area contributed by atoms with Crippen molar-refractivity contribution in [3.05, 3.63) is 29.8 Å². The van der Waals surface area contributed by atoms with Gasteiger partial charge in [-0.25, -0.2) is 0 Å². The van der Waals surface area contributed by atoms with E-state index in [4.69, 9.17) is 15.2 Å². The van der Waals surface area contributed by atoms with E-state index in [9.17, 15) is 4.79 Å². The monoisotopic (exact) mass is 280 g/mol. The average Bonchev–Trinajstić information content (AvgIpc) is 2.45. The van der Waals surface area contributed by atoms with E-state index < -0.39 is 0 Å². The van der Waals surface area contributed by atoms with Crippen molar-refractivity contribution in [2.75, 3.05) is 26.4 Å². The van der Waals surface area contributed by atoms with Gasteiger partial charge >= 0.3 is 0 Å². The first-order chi connectivity index (χ1) is 9.61. The van der Waals surface area contributed by atoms with E-state index in [1.165, 1.54) is 0 Å². The normalized spacial score (nSPS) is 10.6. The van der Waals surface area contributed by atoms with E-state index in [0.29, 0.717) is 38.0 Å². The van der Waals surface area contributed by atoms with Gasteiger partial charge in [0.1, 0.15) is 5.75 Å². The molecule has 0 spiro atoms. The molecule has 0 radical (unpaired) electrons. The van der Waals surface area contributed by atoms with Crippen molar-refractivity contribution in [2.24, 2.45) is 11.7 Å². The number of nitrogens with one attached hydrogen (secondary N) is 1. The maximum absolute atomic E-state index is 11.5. The van der Waals surface area contributed by atoms with Crippen molar-refractivity contribution in [3.8, 4) is 5.75 Å². The molecule has 0 aliphatic carbocycles.